The minimum Gasteiger partial charge on any atom is -0.462 e. The topological polar surface area (TPSA) is 55.0 Å². The number of hydrogen-bond donors (Lipinski definition) is 1. The predicted molar refractivity (Wildman–Crippen MR) is 85.4 cm³/mol. The van der Waals surface area contributed by atoms with E-state index in [9.17, 15) is 4.79 Å². The van der Waals surface area contributed by atoms with Crippen molar-refractivity contribution in [1.82, 2.24) is 9.97 Å². The molecule has 2 heterocycles. The minimum atomic E-state index is -0.332. The molecule has 0 aliphatic rings. The van der Waals surface area contributed by atoms with E-state index in [0.29, 0.717) is 12.2 Å². The molecule has 0 saturated heterocycles. The van der Waals surface area contributed by atoms with Gasteiger partial charge < -0.3 is 9.72 Å². The molecule has 0 aliphatic heterocycles. The molecule has 4 heteroatoms. The fraction of sp³-hybridized carbons (Fsp3) is 0.111. The fourth-order valence-corrected chi connectivity index (χ4v) is 2.42. The van der Waals surface area contributed by atoms with E-state index < -0.39 is 0 Å². The van der Waals surface area contributed by atoms with Gasteiger partial charge in [0.15, 0.2) is 0 Å². The molecule has 0 aliphatic carbocycles. The van der Waals surface area contributed by atoms with Gasteiger partial charge in [-0.1, -0.05) is 30.3 Å². The molecule has 4 nitrogen and oxygen atoms in total. The highest BCUT2D eigenvalue weighted by molar-refractivity contribution is 6.03. The Labute approximate surface area is 128 Å². The first-order valence-corrected chi connectivity index (χ1v) is 7.15. The SMILES string of the molecule is CCOC(=O)c1c(-c2ccccc2)c[nH]c1-c1cccnc1. The van der Waals surface area contributed by atoms with Crippen LogP contribution in [0.1, 0.15) is 17.3 Å². The Morgan fingerprint density at radius 2 is 1.91 bits per heavy atom. The number of ether oxygens (including phenoxy) is 1. The van der Waals surface area contributed by atoms with Crippen LogP contribution in [0.5, 0.6) is 0 Å². The van der Waals surface area contributed by atoms with Gasteiger partial charge in [0.1, 0.15) is 0 Å². The molecule has 1 N–H and O–H groups in total. The van der Waals surface area contributed by atoms with E-state index in [-0.39, 0.29) is 5.97 Å². The maximum absolute atomic E-state index is 12.4. The zero-order valence-corrected chi connectivity index (χ0v) is 12.2. The highest BCUT2D eigenvalue weighted by atomic mass is 16.5. The van der Waals surface area contributed by atoms with Crippen LogP contribution in [0.2, 0.25) is 0 Å². The van der Waals surface area contributed by atoms with E-state index in [4.69, 9.17) is 4.74 Å². The van der Waals surface area contributed by atoms with E-state index >= 15 is 0 Å². The third kappa shape index (κ3) is 2.63. The molecule has 3 rings (SSSR count). The van der Waals surface area contributed by atoms with E-state index in [2.05, 4.69) is 9.97 Å². The molecular formula is C18H16N2O2. The van der Waals surface area contributed by atoms with Crippen LogP contribution >= 0.6 is 0 Å². The Kier molecular flexibility index (Phi) is 4.01. The number of benzene rings is 1. The molecule has 1 aromatic carbocycles. The number of pyridine rings is 1. The molecule has 110 valence electrons. The average Bonchev–Trinajstić information content (AvgIpc) is 3.02. The molecule has 0 fully saturated rings. The highest BCUT2D eigenvalue weighted by Crippen LogP contribution is 2.32. The number of aromatic nitrogens is 2. The number of carbonyl (C=O) groups excluding carboxylic acids is 1. The number of carbonyl (C=O) groups is 1. The summed E-state index contributed by atoms with van der Waals surface area (Å²) in [6.07, 6.45) is 5.27. The zero-order valence-electron chi connectivity index (χ0n) is 12.2. The summed E-state index contributed by atoms with van der Waals surface area (Å²) in [7, 11) is 0. The first kappa shape index (κ1) is 14.1. The molecule has 0 radical (unpaired) electrons. The molecule has 2 aromatic heterocycles. The summed E-state index contributed by atoms with van der Waals surface area (Å²) in [5.41, 5.74) is 3.93. The molecule has 0 amide bonds. The van der Waals surface area contributed by atoms with Gasteiger partial charge in [-0.05, 0) is 24.6 Å². The van der Waals surface area contributed by atoms with Crippen LogP contribution < -0.4 is 0 Å². The number of aromatic amines is 1. The van der Waals surface area contributed by atoms with Gasteiger partial charge in [0.2, 0.25) is 0 Å². The summed E-state index contributed by atoms with van der Waals surface area (Å²) in [5.74, 6) is -0.332. The van der Waals surface area contributed by atoms with Gasteiger partial charge in [-0.15, -0.1) is 0 Å². The number of nitrogens with one attached hydrogen (secondary N) is 1. The number of rotatable bonds is 4. The van der Waals surface area contributed by atoms with Gasteiger partial charge in [-0.2, -0.15) is 0 Å². The fourth-order valence-electron chi connectivity index (χ4n) is 2.42. The van der Waals surface area contributed by atoms with Gasteiger partial charge in [-0.3, -0.25) is 4.98 Å². The molecular weight excluding hydrogens is 276 g/mol. The summed E-state index contributed by atoms with van der Waals surface area (Å²) < 4.78 is 5.23. The minimum absolute atomic E-state index is 0.332. The van der Waals surface area contributed by atoms with Crippen molar-refractivity contribution in [3.8, 4) is 22.4 Å². The van der Waals surface area contributed by atoms with Crippen LogP contribution in [0.25, 0.3) is 22.4 Å². The van der Waals surface area contributed by atoms with Gasteiger partial charge in [0, 0.05) is 29.7 Å². The predicted octanol–water partition coefficient (Wildman–Crippen LogP) is 3.92. The summed E-state index contributed by atoms with van der Waals surface area (Å²) in [6, 6.07) is 13.5. The monoisotopic (exact) mass is 292 g/mol. The lowest BCUT2D eigenvalue weighted by molar-refractivity contribution is 0.0528. The summed E-state index contributed by atoms with van der Waals surface area (Å²) in [6.45, 7) is 2.14. The molecule has 0 bridgehead atoms. The third-order valence-electron chi connectivity index (χ3n) is 3.39. The standard InChI is InChI=1S/C18H16N2O2/c1-2-22-18(21)16-15(13-7-4-3-5-8-13)12-20-17(16)14-9-6-10-19-11-14/h3-12,20H,2H2,1H3. The maximum Gasteiger partial charge on any atom is 0.340 e. The van der Waals surface area contributed by atoms with Crippen LogP contribution in [0.15, 0.2) is 61.1 Å². The molecule has 0 atom stereocenters. The first-order chi connectivity index (χ1) is 10.8. The molecule has 3 aromatic rings. The van der Waals surface area contributed by atoms with E-state index in [1.54, 1.807) is 19.3 Å². The van der Waals surface area contributed by atoms with Gasteiger partial charge in [0.25, 0.3) is 0 Å². The third-order valence-corrected chi connectivity index (χ3v) is 3.39. The number of esters is 1. The Morgan fingerprint density at radius 1 is 1.14 bits per heavy atom. The first-order valence-electron chi connectivity index (χ1n) is 7.15. The van der Waals surface area contributed by atoms with Crippen molar-refractivity contribution in [3.05, 3.63) is 66.6 Å². The average molecular weight is 292 g/mol. The van der Waals surface area contributed by atoms with Crippen LogP contribution in [0.3, 0.4) is 0 Å². The van der Waals surface area contributed by atoms with Gasteiger partial charge >= 0.3 is 5.97 Å². The Bertz CT molecular complexity index is 707. The second-order valence-electron chi connectivity index (χ2n) is 4.78. The van der Waals surface area contributed by atoms with Crippen molar-refractivity contribution in [2.24, 2.45) is 0 Å². The summed E-state index contributed by atoms with van der Waals surface area (Å²) in [5, 5.41) is 0. The number of H-pyrrole nitrogens is 1. The highest BCUT2D eigenvalue weighted by Gasteiger charge is 2.21. The quantitative estimate of drug-likeness (QED) is 0.741. The Hall–Kier alpha value is -2.88. The van der Waals surface area contributed by atoms with Crippen LogP contribution in [0, 0.1) is 0 Å². The van der Waals surface area contributed by atoms with Crippen molar-refractivity contribution >= 4 is 5.97 Å². The summed E-state index contributed by atoms with van der Waals surface area (Å²) >= 11 is 0. The molecule has 22 heavy (non-hydrogen) atoms. The molecule has 0 spiro atoms. The Balaban J connectivity index is 2.16. The van der Waals surface area contributed by atoms with Crippen LogP contribution in [-0.4, -0.2) is 22.5 Å². The van der Waals surface area contributed by atoms with E-state index in [1.165, 1.54) is 0 Å². The number of hydrogen-bond acceptors (Lipinski definition) is 3. The lowest BCUT2D eigenvalue weighted by Gasteiger charge is -2.07. The Morgan fingerprint density at radius 3 is 2.59 bits per heavy atom. The van der Waals surface area contributed by atoms with Crippen molar-refractivity contribution in [2.45, 2.75) is 6.92 Å². The second-order valence-corrected chi connectivity index (χ2v) is 4.78. The van der Waals surface area contributed by atoms with E-state index in [0.717, 1.165) is 22.4 Å². The molecule has 0 unspecified atom stereocenters. The lowest BCUT2D eigenvalue weighted by Crippen LogP contribution is -2.06. The second kappa shape index (κ2) is 6.26. The van der Waals surface area contributed by atoms with Crippen LogP contribution in [0.4, 0.5) is 0 Å². The maximum atomic E-state index is 12.4. The van der Waals surface area contributed by atoms with Gasteiger partial charge in [-0.25, -0.2) is 4.79 Å². The van der Waals surface area contributed by atoms with Crippen molar-refractivity contribution in [3.63, 3.8) is 0 Å². The lowest BCUT2D eigenvalue weighted by atomic mass is 10.0. The number of nitrogens with zero attached hydrogens (tertiary/aromatic N) is 1. The smallest absolute Gasteiger partial charge is 0.340 e. The summed E-state index contributed by atoms with van der Waals surface area (Å²) in [4.78, 5) is 19.7. The normalized spacial score (nSPS) is 10.4. The zero-order chi connectivity index (χ0) is 15.4. The van der Waals surface area contributed by atoms with Crippen LogP contribution in [-0.2, 0) is 4.74 Å². The van der Waals surface area contributed by atoms with Crippen molar-refractivity contribution in [2.75, 3.05) is 6.61 Å². The van der Waals surface area contributed by atoms with Crippen molar-refractivity contribution in [1.29, 1.82) is 0 Å². The largest absolute Gasteiger partial charge is 0.462 e. The van der Waals surface area contributed by atoms with Gasteiger partial charge in [0.05, 0.1) is 17.9 Å². The molecule has 0 saturated carbocycles. The van der Waals surface area contributed by atoms with Crippen molar-refractivity contribution < 1.29 is 9.53 Å². The van der Waals surface area contributed by atoms with E-state index in [1.807, 2.05) is 48.7 Å².